The van der Waals surface area contributed by atoms with Crippen molar-refractivity contribution >= 4 is 22.9 Å². The molecule has 1 saturated heterocycles. The van der Waals surface area contributed by atoms with Gasteiger partial charge in [-0.05, 0) is 48.2 Å². The predicted octanol–water partition coefficient (Wildman–Crippen LogP) is 3.00. The van der Waals surface area contributed by atoms with Crippen molar-refractivity contribution < 1.29 is 14.2 Å². The summed E-state index contributed by atoms with van der Waals surface area (Å²) in [6.45, 7) is 1.91. The number of anilines is 1. The number of aromatic nitrogens is 3. The van der Waals surface area contributed by atoms with E-state index in [4.69, 9.17) is 4.74 Å². The van der Waals surface area contributed by atoms with Crippen LogP contribution in [0.25, 0.3) is 5.57 Å². The Morgan fingerprint density at radius 2 is 2.06 bits per heavy atom. The Balaban J connectivity index is 1.28. The molecule has 9 heteroatoms. The molecule has 0 bridgehead atoms. The molecule has 1 fully saturated rings. The smallest absolute Gasteiger partial charge is 0.352 e. The summed E-state index contributed by atoms with van der Waals surface area (Å²) in [6, 6.07) is 10.1. The van der Waals surface area contributed by atoms with Crippen LogP contribution in [0.2, 0.25) is 0 Å². The van der Waals surface area contributed by atoms with Gasteiger partial charge in [-0.25, -0.2) is 14.2 Å². The number of hydrogen-bond acceptors (Lipinski definition) is 7. The molecular formula is C23H23FN4O3S. The summed E-state index contributed by atoms with van der Waals surface area (Å²) in [5.41, 5.74) is 1.12. The van der Waals surface area contributed by atoms with Gasteiger partial charge in [0.05, 0.1) is 25.3 Å². The number of halogens is 1. The molecular weight excluding hydrogens is 431 g/mol. The molecule has 1 unspecified atom stereocenters. The van der Waals surface area contributed by atoms with E-state index in [-0.39, 0.29) is 30.1 Å². The summed E-state index contributed by atoms with van der Waals surface area (Å²) in [7, 11) is 0. The van der Waals surface area contributed by atoms with E-state index < -0.39 is 6.10 Å². The monoisotopic (exact) mass is 454 g/mol. The van der Waals surface area contributed by atoms with Gasteiger partial charge in [-0.1, -0.05) is 18.2 Å². The number of benzene rings is 1. The van der Waals surface area contributed by atoms with Gasteiger partial charge in [0.2, 0.25) is 5.95 Å². The molecule has 2 aromatic heterocycles. The van der Waals surface area contributed by atoms with Crippen LogP contribution in [-0.4, -0.2) is 45.4 Å². The number of rotatable bonds is 5. The molecule has 4 heterocycles. The Kier molecular flexibility index (Phi) is 5.86. The minimum absolute atomic E-state index is 0.169. The fraction of sp³-hybridized carbons (Fsp3) is 0.348. The zero-order valence-corrected chi connectivity index (χ0v) is 18.2. The second-order valence-corrected chi connectivity index (χ2v) is 9.16. The van der Waals surface area contributed by atoms with Gasteiger partial charge in [0.15, 0.2) is 0 Å². The van der Waals surface area contributed by atoms with Crippen LogP contribution >= 0.6 is 11.3 Å². The van der Waals surface area contributed by atoms with Crippen molar-refractivity contribution in [2.45, 2.75) is 31.6 Å². The van der Waals surface area contributed by atoms with Gasteiger partial charge in [-0.3, -0.25) is 4.57 Å². The Morgan fingerprint density at radius 3 is 2.78 bits per heavy atom. The third-order valence-corrected chi connectivity index (χ3v) is 6.92. The highest BCUT2D eigenvalue weighted by Gasteiger charge is 2.24. The first-order valence-corrected chi connectivity index (χ1v) is 11.4. The first-order chi connectivity index (χ1) is 15.6. The highest BCUT2D eigenvalue weighted by Crippen LogP contribution is 2.33. The van der Waals surface area contributed by atoms with Gasteiger partial charge >= 0.3 is 5.69 Å². The molecule has 0 saturated carbocycles. The van der Waals surface area contributed by atoms with Crippen molar-refractivity contribution in [3.8, 4) is 0 Å². The largest absolute Gasteiger partial charge is 0.387 e. The lowest BCUT2D eigenvalue weighted by Crippen LogP contribution is -2.40. The van der Waals surface area contributed by atoms with Crippen LogP contribution in [0.5, 0.6) is 0 Å². The Morgan fingerprint density at radius 1 is 1.22 bits per heavy atom. The SMILES string of the molecule is O=c1nc(N2CC=C(c3ccc(F)cc3)[C@@H](O)C2)ncn1Cc1ccc(C2CCCO2)s1. The average Bonchev–Trinajstić information content (AvgIpc) is 3.48. The molecule has 32 heavy (non-hydrogen) atoms. The van der Waals surface area contributed by atoms with E-state index in [2.05, 4.69) is 16.0 Å². The molecule has 5 rings (SSSR count). The second kappa shape index (κ2) is 8.93. The maximum absolute atomic E-state index is 13.2. The van der Waals surface area contributed by atoms with Crippen molar-refractivity contribution in [2.24, 2.45) is 0 Å². The number of thiophene rings is 1. The van der Waals surface area contributed by atoms with Gasteiger partial charge in [-0.2, -0.15) is 4.98 Å². The lowest BCUT2D eigenvalue weighted by atomic mass is 9.97. The van der Waals surface area contributed by atoms with E-state index in [1.165, 1.54) is 27.9 Å². The lowest BCUT2D eigenvalue weighted by Gasteiger charge is -2.30. The quantitative estimate of drug-likeness (QED) is 0.639. The van der Waals surface area contributed by atoms with Crippen molar-refractivity contribution in [1.82, 2.24) is 14.5 Å². The Hall–Kier alpha value is -2.88. The summed E-state index contributed by atoms with van der Waals surface area (Å²) in [6.07, 6.45) is 4.86. The molecule has 2 atom stereocenters. The summed E-state index contributed by atoms with van der Waals surface area (Å²) < 4.78 is 20.4. The zero-order chi connectivity index (χ0) is 22.1. The molecule has 166 valence electrons. The van der Waals surface area contributed by atoms with Crippen LogP contribution in [0.3, 0.4) is 0 Å². The van der Waals surface area contributed by atoms with Crippen molar-refractivity contribution in [3.05, 3.63) is 80.4 Å². The molecule has 0 spiro atoms. The van der Waals surface area contributed by atoms with E-state index in [0.29, 0.717) is 13.1 Å². The van der Waals surface area contributed by atoms with Crippen LogP contribution in [0, 0.1) is 5.82 Å². The number of aliphatic hydroxyl groups is 1. The standard InChI is InChI=1S/C23H23FN4O3S/c24-16-5-3-15(4-6-16)18-9-10-27(13-19(18)29)22-25-14-28(23(30)26-22)12-17-7-8-21(32-17)20-2-1-11-31-20/h3-9,14,19-20,29H,1-2,10-13H2/t19-,20?/m0/s1. The molecule has 0 radical (unpaired) electrons. The first-order valence-electron chi connectivity index (χ1n) is 10.6. The minimum atomic E-state index is -0.789. The number of aliphatic hydroxyl groups excluding tert-OH is 1. The molecule has 7 nitrogen and oxygen atoms in total. The Labute approximate surface area is 188 Å². The van der Waals surface area contributed by atoms with Crippen LogP contribution < -0.4 is 10.6 Å². The number of ether oxygens (including phenoxy) is 1. The predicted molar refractivity (Wildman–Crippen MR) is 120 cm³/mol. The number of β-amino-alcohol motifs (C(OH)–C–C–N with tert-alkyl or cyclic N) is 1. The van der Waals surface area contributed by atoms with E-state index in [1.807, 2.05) is 12.1 Å². The molecule has 0 amide bonds. The van der Waals surface area contributed by atoms with E-state index >= 15 is 0 Å². The molecule has 3 aromatic rings. The normalized spacial score (nSPS) is 21.1. The fourth-order valence-corrected chi connectivity index (χ4v) is 5.17. The van der Waals surface area contributed by atoms with Crippen molar-refractivity contribution in [3.63, 3.8) is 0 Å². The zero-order valence-electron chi connectivity index (χ0n) is 17.4. The van der Waals surface area contributed by atoms with Gasteiger partial charge in [-0.15, -0.1) is 11.3 Å². The maximum atomic E-state index is 13.2. The van der Waals surface area contributed by atoms with Gasteiger partial charge in [0, 0.05) is 22.9 Å². The molecule has 1 aromatic carbocycles. The fourth-order valence-electron chi connectivity index (χ4n) is 4.07. The number of nitrogens with zero attached hydrogens (tertiary/aromatic N) is 4. The topological polar surface area (TPSA) is 80.5 Å². The number of hydrogen-bond donors (Lipinski definition) is 1. The van der Waals surface area contributed by atoms with E-state index in [9.17, 15) is 14.3 Å². The molecule has 2 aliphatic rings. The van der Waals surface area contributed by atoms with Crippen LogP contribution in [-0.2, 0) is 11.3 Å². The summed E-state index contributed by atoms with van der Waals surface area (Å²) in [5, 5.41) is 10.6. The lowest BCUT2D eigenvalue weighted by molar-refractivity contribution is 0.114. The summed E-state index contributed by atoms with van der Waals surface area (Å²) >= 11 is 1.65. The minimum Gasteiger partial charge on any atom is -0.387 e. The third kappa shape index (κ3) is 4.36. The maximum Gasteiger partial charge on any atom is 0.352 e. The third-order valence-electron chi connectivity index (χ3n) is 5.75. The van der Waals surface area contributed by atoms with Crippen LogP contribution in [0.15, 0.2) is 53.6 Å². The highest BCUT2D eigenvalue weighted by atomic mass is 32.1. The van der Waals surface area contributed by atoms with Crippen molar-refractivity contribution in [2.75, 3.05) is 24.6 Å². The van der Waals surface area contributed by atoms with Gasteiger partial charge < -0.3 is 14.7 Å². The first kappa shape index (κ1) is 21.0. The second-order valence-electron chi connectivity index (χ2n) is 7.96. The molecule has 1 N–H and O–H groups in total. The molecule has 2 aliphatic heterocycles. The van der Waals surface area contributed by atoms with Crippen LogP contribution in [0.1, 0.15) is 34.3 Å². The summed E-state index contributed by atoms with van der Waals surface area (Å²) in [4.78, 5) is 25.1. The Bertz CT molecular complexity index is 1180. The van der Waals surface area contributed by atoms with Crippen LogP contribution in [0.4, 0.5) is 10.3 Å². The van der Waals surface area contributed by atoms with Crippen molar-refractivity contribution in [1.29, 1.82) is 0 Å². The van der Waals surface area contributed by atoms with E-state index in [1.54, 1.807) is 28.4 Å². The van der Waals surface area contributed by atoms with Gasteiger partial charge in [0.1, 0.15) is 12.1 Å². The average molecular weight is 455 g/mol. The van der Waals surface area contributed by atoms with Gasteiger partial charge in [0.25, 0.3) is 0 Å². The molecule has 0 aliphatic carbocycles. The van der Waals surface area contributed by atoms with E-state index in [0.717, 1.165) is 35.5 Å². The summed E-state index contributed by atoms with van der Waals surface area (Å²) in [5.74, 6) is -0.0354. The highest BCUT2D eigenvalue weighted by molar-refractivity contribution is 7.12.